The smallest absolute Gasteiger partial charge is 0.231 e. The van der Waals surface area contributed by atoms with Gasteiger partial charge >= 0.3 is 0 Å². The first-order valence-corrected chi connectivity index (χ1v) is 6.90. The molecule has 2 aromatic rings. The van der Waals surface area contributed by atoms with Gasteiger partial charge in [-0.1, -0.05) is 48.5 Å². The average Bonchev–Trinajstić information content (AvgIpc) is 2.39. The lowest BCUT2D eigenvalue weighted by molar-refractivity contribution is -0.118. The van der Waals surface area contributed by atoms with Crippen LogP contribution in [-0.4, -0.2) is 11.4 Å². The Morgan fingerprint density at radius 2 is 1.40 bits per heavy atom. The summed E-state index contributed by atoms with van der Waals surface area (Å²) in [6, 6.07) is 19.7. The van der Waals surface area contributed by atoms with Crippen molar-refractivity contribution < 1.29 is 4.79 Å². The van der Waals surface area contributed by atoms with E-state index in [1.807, 2.05) is 65.6 Å². The summed E-state index contributed by atoms with van der Waals surface area (Å²) >= 11 is 0. The summed E-state index contributed by atoms with van der Waals surface area (Å²) in [6.07, 6.45) is 0.424. The molecule has 0 bridgehead atoms. The van der Waals surface area contributed by atoms with Crippen molar-refractivity contribution in [3.8, 4) is 0 Å². The first-order chi connectivity index (χ1) is 9.48. The molecule has 20 heavy (non-hydrogen) atoms. The van der Waals surface area contributed by atoms with E-state index in [-0.39, 0.29) is 11.4 Å². The summed E-state index contributed by atoms with van der Waals surface area (Å²) in [7, 11) is 0. The molecule has 2 nitrogen and oxygen atoms in total. The summed E-state index contributed by atoms with van der Waals surface area (Å²) in [5.74, 6) is 0.120. The summed E-state index contributed by atoms with van der Waals surface area (Å²) in [4.78, 5) is 14.6. The normalized spacial score (nSPS) is 11.2. The molecule has 0 aromatic heterocycles. The summed E-state index contributed by atoms with van der Waals surface area (Å²) in [5, 5.41) is 0. The largest absolute Gasteiger partial charge is 0.307 e. The fourth-order valence-electron chi connectivity index (χ4n) is 2.33. The fraction of sp³-hybridized carbons (Fsp3) is 0.278. The van der Waals surface area contributed by atoms with Crippen molar-refractivity contribution in [2.75, 3.05) is 4.90 Å². The minimum absolute atomic E-state index is 0.120. The molecule has 2 aromatic carbocycles. The van der Waals surface area contributed by atoms with Gasteiger partial charge in [-0.05, 0) is 38.5 Å². The van der Waals surface area contributed by atoms with E-state index < -0.39 is 0 Å². The highest BCUT2D eigenvalue weighted by atomic mass is 16.2. The molecule has 2 rings (SSSR count). The monoisotopic (exact) mass is 267 g/mol. The van der Waals surface area contributed by atoms with Gasteiger partial charge < -0.3 is 4.90 Å². The van der Waals surface area contributed by atoms with Crippen LogP contribution in [0.25, 0.3) is 0 Å². The zero-order valence-electron chi connectivity index (χ0n) is 12.3. The van der Waals surface area contributed by atoms with Crippen LogP contribution in [0.3, 0.4) is 0 Å². The molecule has 0 aliphatic heterocycles. The quantitative estimate of drug-likeness (QED) is 0.821. The Bertz CT molecular complexity index is 555. The van der Waals surface area contributed by atoms with E-state index in [0.29, 0.717) is 6.42 Å². The molecule has 0 spiro atoms. The lowest BCUT2D eigenvalue weighted by Gasteiger charge is -2.36. The standard InChI is InChI=1S/C18H21NO/c1-18(2,3)19(16-12-8-5-9-13-16)17(20)14-15-10-6-4-7-11-15/h4-13H,14H2,1-3H3. The topological polar surface area (TPSA) is 20.3 Å². The second-order valence-corrected chi connectivity index (χ2v) is 5.90. The minimum atomic E-state index is -0.243. The van der Waals surface area contributed by atoms with Crippen molar-refractivity contribution in [1.29, 1.82) is 0 Å². The van der Waals surface area contributed by atoms with E-state index in [0.717, 1.165) is 11.3 Å². The SMILES string of the molecule is CC(C)(C)N(C(=O)Cc1ccccc1)c1ccccc1. The van der Waals surface area contributed by atoms with Gasteiger partial charge in [-0.3, -0.25) is 4.79 Å². The van der Waals surface area contributed by atoms with E-state index in [9.17, 15) is 4.79 Å². The molecule has 0 unspecified atom stereocenters. The number of nitrogens with zero attached hydrogens (tertiary/aromatic N) is 1. The zero-order valence-corrected chi connectivity index (χ0v) is 12.3. The van der Waals surface area contributed by atoms with Gasteiger partial charge in [-0.25, -0.2) is 0 Å². The highest BCUT2D eigenvalue weighted by Gasteiger charge is 2.27. The molecular formula is C18H21NO. The Labute approximate surface area is 121 Å². The fourth-order valence-corrected chi connectivity index (χ4v) is 2.33. The molecule has 2 heteroatoms. The van der Waals surface area contributed by atoms with Crippen LogP contribution in [0.5, 0.6) is 0 Å². The molecule has 0 aliphatic rings. The number of benzene rings is 2. The highest BCUT2D eigenvalue weighted by molar-refractivity contribution is 5.95. The van der Waals surface area contributed by atoms with Crippen LogP contribution in [0.1, 0.15) is 26.3 Å². The van der Waals surface area contributed by atoms with Crippen LogP contribution in [0.4, 0.5) is 5.69 Å². The van der Waals surface area contributed by atoms with Crippen LogP contribution < -0.4 is 4.90 Å². The number of anilines is 1. The van der Waals surface area contributed by atoms with Gasteiger partial charge in [0.2, 0.25) is 5.91 Å². The summed E-state index contributed by atoms with van der Waals surface area (Å²) in [5.41, 5.74) is 1.75. The van der Waals surface area contributed by atoms with E-state index in [1.54, 1.807) is 0 Å². The molecule has 1 amide bonds. The summed E-state index contributed by atoms with van der Waals surface area (Å²) in [6.45, 7) is 6.18. The van der Waals surface area contributed by atoms with Gasteiger partial charge in [-0.15, -0.1) is 0 Å². The van der Waals surface area contributed by atoms with Crippen LogP contribution in [0.15, 0.2) is 60.7 Å². The second kappa shape index (κ2) is 5.91. The van der Waals surface area contributed by atoms with Crippen molar-refractivity contribution in [3.63, 3.8) is 0 Å². The third-order valence-electron chi connectivity index (χ3n) is 3.13. The molecule has 0 radical (unpaired) electrons. The van der Waals surface area contributed by atoms with Crippen molar-refractivity contribution >= 4 is 11.6 Å². The van der Waals surface area contributed by atoms with Crippen molar-refractivity contribution in [1.82, 2.24) is 0 Å². The Hall–Kier alpha value is -2.09. The molecular weight excluding hydrogens is 246 g/mol. The number of carbonyl (C=O) groups excluding carboxylic acids is 1. The molecule has 0 atom stereocenters. The van der Waals surface area contributed by atoms with Crippen LogP contribution in [-0.2, 0) is 11.2 Å². The van der Waals surface area contributed by atoms with Crippen molar-refractivity contribution in [3.05, 3.63) is 66.2 Å². The molecule has 0 aliphatic carbocycles. The van der Waals surface area contributed by atoms with E-state index in [1.165, 1.54) is 0 Å². The lowest BCUT2D eigenvalue weighted by atomic mass is 10.0. The maximum atomic E-state index is 12.7. The number of carbonyl (C=O) groups is 1. The van der Waals surface area contributed by atoms with E-state index >= 15 is 0 Å². The Kier molecular flexibility index (Phi) is 4.23. The van der Waals surface area contributed by atoms with E-state index in [2.05, 4.69) is 20.8 Å². The second-order valence-electron chi connectivity index (χ2n) is 5.90. The van der Waals surface area contributed by atoms with Gasteiger partial charge in [0.1, 0.15) is 0 Å². The predicted octanol–water partition coefficient (Wildman–Crippen LogP) is 4.06. The van der Waals surface area contributed by atoms with Crippen molar-refractivity contribution in [2.24, 2.45) is 0 Å². The number of hydrogen-bond donors (Lipinski definition) is 0. The molecule has 0 saturated heterocycles. The maximum Gasteiger partial charge on any atom is 0.231 e. The van der Waals surface area contributed by atoms with Gasteiger partial charge in [0.05, 0.1) is 6.42 Å². The lowest BCUT2D eigenvalue weighted by Crippen LogP contribution is -2.46. The molecule has 0 fully saturated rings. The number of hydrogen-bond acceptors (Lipinski definition) is 1. The van der Waals surface area contributed by atoms with Gasteiger partial charge in [-0.2, -0.15) is 0 Å². The predicted molar refractivity (Wildman–Crippen MR) is 83.8 cm³/mol. The van der Waals surface area contributed by atoms with Gasteiger partial charge in [0.25, 0.3) is 0 Å². The van der Waals surface area contributed by atoms with Crippen LogP contribution >= 0.6 is 0 Å². The van der Waals surface area contributed by atoms with Crippen molar-refractivity contribution in [2.45, 2.75) is 32.7 Å². The Balaban J connectivity index is 2.26. The number of amides is 1. The summed E-state index contributed by atoms with van der Waals surface area (Å²) < 4.78 is 0. The van der Waals surface area contributed by atoms with E-state index in [4.69, 9.17) is 0 Å². The average molecular weight is 267 g/mol. The maximum absolute atomic E-state index is 12.7. The number of para-hydroxylation sites is 1. The molecule has 0 N–H and O–H groups in total. The molecule has 104 valence electrons. The first kappa shape index (κ1) is 14.3. The molecule has 0 saturated carbocycles. The van der Waals surface area contributed by atoms with Gasteiger partial charge in [0.15, 0.2) is 0 Å². The Morgan fingerprint density at radius 3 is 1.90 bits per heavy atom. The zero-order chi connectivity index (χ0) is 14.6. The third kappa shape index (κ3) is 3.47. The molecule has 0 heterocycles. The van der Waals surface area contributed by atoms with Crippen LogP contribution in [0.2, 0.25) is 0 Å². The minimum Gasteiger partial charge on any atom is -0.307 e. The first-order valence-electron chi connectivity index (χ1n) is 6.90. The van der Waals surface area contributed by atoms with Crippen LogP contribution in [0, 0.1) is 0 Å². The van der Waals surface area contributed by atoms with Gasteiger partial charge in [0, 0.05) is 11.2 Å². The third-order valence-corrected chi connectivity index (χ3v) is 3.13. The number of rotatable bonds is 3. The Morgan fingerprint density at radius 1 is 0.900 bits per heavy atom. The highest BCUT2D eigenvalue weighted by Crippen LogP contribution is 2.24.